The first-order chi connectivity index (χ1) is 14.4. The van der Waals surface area contributed by atoms with Crippen LogP contribution in [0.2, 0.25) is 0 Å². The van der Waals surface area contributed by atoms with Gasteiger partial charge < -0.3 is 9.47 Å². The Morgan fingerprint density at radius 3 is 2.07 bits per heavy atom. The molecule has 4 aromatic rings. The predicted octanol–water partition coefficient (Wildman–Crippen LogP) is 5.86. The van der Waals surface area contributed by atoms with Crippen LogP contribution in [0.25, 0.3) is 21.8 Å². The van der Waals surface area contributed by atoms with Crippen molar-refractivity contribution in [2.75, 3.05) is 6.54 Å². The van der Waals surface area contributed by atoms with Crippen LogP contribution in [0, 0.1) is 0 Å². The molecule has 0 fully saturated rings. The van der Waals surface area contributed by atoms with Crippen LogP contribution in [0.15, 0.2) is 72.8 Å². The van der Waals surface area contributed by atoms with Gasteiger partial charge in [-0.25, -0.2) is 0 Å². The average molecular weight is 410 g/mol. The Morgan fingerprint density at radius 2 is 1.50 bits per heavy atom. The summed E-state index contributed by atoms with van der Waals surface area (Å²) < 4.78 is 41.0. The maximum atomic E-state index is 13.1. The van der Waals surface area contributed by atoms with Crippen LogP contribution in [0.1, 0.15) is 18.1 Å². The highest BCUT2D eigenvalue weighted by molar-refractivity contribution is 6.08. The third kappa shape index (κ3) is 3.77. The minimum absolute atomic E-state index is 0.126. The van der Waals surface area contributed by atoms with Gasteiger partial charge >= 0.3 is 6.18 Å². The molecule has 1 amide bonds. The summed E-state index contributed by atoms with van der Waals surface area (Å²) in [5.41, 5.74) is 1.68. The van der Waals surface area contributed by atoms with Crippen molar-refractivity contribution in [1.29, 1.82) is 0 Å². The van der Waals surface area contributed by atoms with E-state index in [2.05, 4.69) is 0 Å². The quantitative estimate of drug-likeness (QED) is 0.404. The number of halogens is 3. The van der Waals surface area contributed by atoms with Crippen molar-refractivity contribution >= 4 is 27.7 Å². The second kappa shape index (κ2) is 7.86. The zero-order valence-corrected chi connectivity index (χ0v) is 16.5. The second-order valence-corrected chi connectivity index (χ2v) is 7.23. The number of amides is 1. The maximum Gasteiger partial charge on any atom is 0.416 e. The summed E-state index contributed by atoms with van der Waals surface area (Å²) in [7, 11) is 0. The van der Waals surface area contributed by atoms with E-state index in [-0.39, 0.29) is 19.0 Å². The molecule has 6 heteroatoms. The van der Waals surface area contributed by atoms with Crippen molar-refractivity contribution in [3.05, 3.63) is 83.9 Å². The summed E-state index contributed by atoms with van der Waals surface area (Å²) in [5, 5.41) is 2.14. The van der Waals surface area contributed by atoms with Gasteiger partial charge in [-0.3, -0.25) is 4.79 Å². The maximum absolute atomic E-state index is 13.1. The molecule has 4 rings (SSSR count). The number of carbonyl (C=O) groups excluding carboxylic acids is 1. The highest BCUT2D eigenvalue weighted by atomic mass is 19.4. The lowest BCUT2D eigenvalue weighted by Gasteiger charge is -2.22. The van der Waals surface area contributed by atoms with Gasteiger partial charge in [0.2, 0.25) is 5.91 Å². The van der Waals surface area contributed by atoms with E-state index in [1.165, 1.54) is 6.07 Å². The summed E-state index contributed by atoms with van der Waals surface area (Å²) in [6, 6.07) is 20.9. The first-order valence-electron chi connectivity index (χ1n) is 9.78. The summed E-state index contributed by atoms with van der Waals surface area (Å²) in [6.07, 6.45) is -4.40. The number of carbonyl (C=O) groups is 1. The SMILES string of the molecule is CCN(Cc1cccc(C(F)(F)F)c1)C(=O)Cn1c2ccccc2c2ccccc21. The lowest BCUT2D eigenvalue weighted by atomic mass is 10.1. The van der Waals surface area contributed by atoms with E-state index in [1.54, 1.807) is 11.0 Å². The van der Waals surface area contributed by atoms with E-state index in [4.69, 9.17) is 0 Å². The van der Waals surface area contributed by atoms with Gasteiger partial charge in [0, 0.05) is 34.9 Å². The van der Waals surface area contributed by atoms with Gasteiger partial charge in [0.15, 0.2) is 0 Å². The normalized spacial score (nSPS) is 11.9. The van der Waals surface area contributed by atoms with Crippen LogP contribution in [0.5, 0.6) is 0 Å². The van der Waals surface area contributed by atoms with Gasteiger partial charge in [-0.05, 0) is 36.8 Å². The molecule has 0 aliphatic heterocycles. The minimum Gasteiger partial charge on any atom is -0.337 e. The topological polar surface area (TPSA) is 25.2 Å². The number of benzene rings is 3. The van der Waals surface area contributed by atoms with Crippen LogP contribution in [0.4, 0.5) is 13.2 Å². The fourth-order valence-electron chi connectivity index (χ4n) is 3.85. The molecule has 0 N–H and O–H groups in total. The number of aromatic nitrogens is 1. The molecule has 154 valence electrons. The Balaban J connectivity index is 1.63. The van der Waals surface area contributed by atoms with Gasteiger partial charge in [-0.1, -0.05) is 48.5 Å². The third-order valence-corrected chi connectivity index (χ3v) is 5.34. The van der Waals surface area contributed by atoms with Gasteiger partial charge in [-0.2, -0.15) is 13.2 Å². The molecule has 0 spiro atoms. The molecule has 0 saturated carbocycles. The highest BCUT2D eigenvalue weighted by Gasteiger charge is 2.30. The first-order valence-corrected chi connectivity index (χ1v) is 9.78. The standard InChI is InChI=1S/C24H21F3N2O/c1-2-28(15-17-8-7-9-18(14-17)24(25,26)27)23(30)16-29-21-12-5-3-10-19(21)20-11-4-6-13-22(20)29/h3-14H,2,15-16H2,1H3. The molecule has 1 aromatic heterocycles. The lowest BCUT2D eigenvalue weighted by molar-refractivity contribution is -0.137. The summed E-state index contributed by atoms with van der Waals surface area (Å²) in [6.45, 7) is 2.50. The van der Waals surface area contributed by atoms with Gasteiger partial charge in [0.25, 0.3) is 0 Å². The van der Waals surface area contributed by atoms with Crippen LogP contribution < -0.4 is 0 Å². The van der Waals surface area contributed by atoms with Crippen LogP contribution in [-0.4, -0.2) is 21.9 Å². The van der Waals surface area contributed by atoms with Crippen molar-refractivity contribution in [2.45, 2.75) is 26.2 Å². The number of alkyl halides is 3. The number of likely N-dealkylation sites (N-methyl/N-ethyl adjacent to an activating group) is 1. The summed E-state index contributed by atoms with van der Waals surface area (Å²) in [5.74, 6) is -0.138. The highest BCUT2D eigenvalue weighted by Crippen LogP contribution is 2.30. The molecule has 3 nitrogen and oxygen atoms in total. The number of hydrogen-bond acceptors (Lipinski definition) is 1. The molecule has 0 saturated heterocycles. The fourth-order valence-corrected chi connectivity index (χ4v) is 3.85. The monoisotopic (exact) mass is 410 g/mol. The van der Waals surface area contributed by atoms with Crippen molar-refractivity contribution in [1.82, 2.24) is 9.47 Å². The minimum atomic E-state index is -4.40. The van der Waals surface area contributed by atoms with Crippen molar-refractivity contribution < 1.29 is 18.0 Å². The Kier molecular flexibility index (Phi) is 5.24. The van der Waals surface area contributed by atoms with Crippen molar-refractivity contribution in [3.63, 3.8) is 0 Å². The van der Waals surface area contributed by atoms with Gasteiger partial charge in [0.1, 0.15) is 6.54 Å². The Morgan fingerprint density at radius 1 is 0.900 bits per heavy atom. The molecule has 3 aromatic carbocycles. The molecule has 0 radical (unpaired) electrons. The number of rotatable bonds is 5. The van der Waals surface area contributed by atoms with E-state index in [9.17, 15) is 18.0 Å². The van der Waals surface area contributed by atoms with E-state index in [1.807, 2.05) is 60.0 Å². The van der Waals surface area contributed by atoms with Crippen LogP contribution in [-0.2, 0) is 24.1 Å². The summed E-state index contributed by atoms with van der Waals surface area (Å²) in [4.78, 5) is 14.7. The molecule has 0 atom stereocenters. The summed E-state index contributed by atoms with van der Waals surface area (Å²) >= 11 is 0. The fraction of sp³-hybridized carbons (Fsp3) is 0.208. The molecule has 30 heavy (non-hydrogen) atoms. The van der Waals surface area contributed by atoms with Gasteiger partial charge in [0.05, 0.1) is 5.56 Å². The molecule has 0 aliphatic rings. The van der Waals surface area contributed by atoms with Crippen LogP contribution >= 0.6 is 0 Å². The number of nitrogens with zero attached hydrogens (tertiary/aromatic N) is 2. The largest absolute Gasteiger partial charge is 0.416 e. The molecule has 0 bridgehead atoms. The van der Waals surface area contributed by atoms with E-state index in [0.717, 1.165) is 33.9 Å². The predicted molar refractivity (Wildman–Crippen MR) is 112 cm³/mol. The Bertz CT molecular complexity index is 1160. The van der Waals surface area contributed by atoms with Crippen molar-refractivity contribution in [3.8, 4) is 0 Å². The van der Waals surface area contributed by atoms with E-state index in [0.29, 0.717) is 12.1 Å². The Hall–Kier alpha value is -3.28. The number of hydrogen-bond donors (Lipinski definition) is 0. The molecular formula is C24H21F3N2O. The van der Waals surface area contributed by atoms with Crippen LogP contribution in [0.3, 0.4) is 0 Å². The van der Waals surface area contributed by atoms with E-state index >= 15 is 0 Å². The molecule has 0 aliphatic carbocycles. The number of para-hydroxylation sites is 2. The Labute approximate surface area is 172 Å². The first kappa shape index (κ1) is 20.0. The zero-order valence-electron chi connectivity index (χ0n) is 16.5. The van der Waals surface area contributed by atoms with E-state index < -0.39 is 11.7 Å². The average Bonchev–Trinajstić information content (AvgIpc) is 3.05. The number of fused-ring (bicyclic) bond motifs is 3. The van der Waals surface area contributed by atoms with Crippen molar-refractivity contribution in [2.24, 2.45) is 0 Å². The molecular weight excluding hydrogens is 389 g/mol. The second-order valence-electron chi connectivity index (χ2n) is 7.23. The third-order valence-electron chi connectivity index (χ3n) is 5.34. The lowest BCUT2D eigenvalue weighted by Crippen LogP contribution is -2.33. The smallest absolute Gasteiger partial charge is 0.337 e. The molecule has 1 heterocycles. The molecule has 0 unspecified atom stereocenters. The van der Waals surface area contributed by atoms with Gasteiger partial charge in [-0.15, -0.1) is 0 Å². The zero-order chi connectivity index (χ0) is 21.3.